The molecule has 0 amide bonds. The van der Waals surface area contributed by atoms with E-state index in [0.717, 1.165) is 13.1 Å². The zero-order valence-electron chi connectivity index (χ0n) is 9.27. The van der Waals surface area contributed by atoms with Crippen molar-refractivity contribution in [3.63, 3.8) is 0 Å². The number of aliphatic hydroxyl groups is 1. The molecule has 0 aliphatic carbocycles. The average Bonchev–Trinajstić information content (AvgIpc) is 2.63. The maximum atomic E-state index is 9.83. The van der Waals surface area contributed by atoms with Gasteiger partial charge in [0.2, 0.25) is 0 Å². The standard InChI is InChI=1S/C12H16ClNO2/c1-2-14-7-10(15)12(8-14)16-11-6-4-3-5-9(11)13/h3-6,10,12,15H,2,7-8H2,1H3/t10-,12-/m1/s1. The molecule has 2 atom stereocenters. The van der Waals surface area contributed by atoms with Gasteiger partial charge in [0.05, 0.1) is 5.02 Å². The zero-order chi connectivity index (χ0) is 11.5. The first-order valence-electron chi connectivity index (χ1n) is 5.52. The molecule has 3 nitrogen and oxygen atoms in total. The summed E-state index contributed by atoms with van der Waals surface area (Å²) < 4.78 is 5.73. The molecule has 0 radical (unpaired) electrons. The third-order valence-corrected chi connectivity index (χ3v) is 3.19. The van der Waals surface area contributed by atoms with Crippen molar-refractivity contribution < 1.29 is 9.84 Å². The number of para-hydroxylation sites is 1. The lowest BCUT2D eigenvalue weighted by molar-refractivity contribution is 0.0737. The molecule has 1 aliphatic heterocycles. The van der Waals surface area contributed by atoms with E-state index < -0.39 is 6.10 Å². The second-order valence-corrected chi connectivity index (χ2v) is 4.41. The molecule has 0 spiro atoms. The maximum Gasteiger partial charge on any atom is 0.138 e. The lowest BCUT2D eigenvalue weighted by Crippen LogP contribution is -2.30. The van der Waals surface area contributed by atoms with Gasteiger partial charge in [0.15, 0.2) is 0 Å². The van der Waals surface area contributed by atoms with E-state index in [-0.39, 0.29) is 6.10 Å². The molecular formula is C12H16ClNO2. The molecule has 0 saturated carbocycles. The molecule has 0 aromatic heterocycles. The lowest BCUT2D eigenvalue weighted by atomic mass is 10.2. The number of β-amino-alcohol motifs (C(OH)–C–C–N with tert-alkyl or cyclic N) is 1. The fraction of sp³-hybridized carbons (Fsp3) is 0.500. The monoisotopic (exact) mass is 241 g/mol. The highest BCUT2D eigenvalue weighted by Crippen LogP contribution is 2.26. The number of likely N-dealkylation sites (tertiary alicyclic amines) is 1. The average molecular weight is 242 g/mol. The Morgan fingerprint density at radius 1 is 1.44 bits per heavy atom. The number of ether oxygens (including phenoxy) is 1. The predicted octanol–water partition coefficient (Wildman–Crippen LogP) is 1.78. The summed E-state index contributed by atoms with van der Waals surface area (Å²) in [6.45, 7) is 4.43. The van der Waals surface area contributed by atoms with Crippen LogP contribution in [0.5, 0.6) is 5.75 Å². The van der Waals surface area contributed by atoms with Crippen molar-refractivity contribution in [3.05, 3.63) is 29.3 Å². The highest BCUT2D eigenvalue weighted by Gasteiger charge is 2.32. The van der Waals surface area contributed by atoms with Crippen molar-refractivity contribution in [1.29, 1.82) is 0 Å². The summed E-state index contributed by atoms with van der Waals surface area (Å²) in [5, 5.41) is 10.4. The van der Waals surface area contributed by atoms with Gasteiger partial charge in [0.25, 0.3) is 0 Å². The summed E-state index contributed by atoms with van der Waals surface area (Å²) in [5.41, 5.74) is 0. The molecule has 1 saturated heterocycles. The van der Waals surface area contributed by atoms with Crippen LogP contribution in [0.3, 0.4) is 0 Å². The van der Waals surface area contributed by atoms with E-state index in [2.05, 4.69) is 11.8 Å². The molecular weight excluding hydrogens is 226 g/mol. The van der Waals surface area contributed by atoms with Gasteiger partial charge in [-0.3, -0.25) is 4.90 Å². The molecule has 1 heterocycles. The fourth-order valence-electron chi connectivity index (χ4n) is 1.91. The van der Waals surface area contributed by atoms with Gasteiger partial charge in [-0.15, -0.1) is 0 Å². The largest absolute Gasteiger partial charge is 0.485 e. The van der Waals surface area contributed by atoms with Crippen molar-refractivity contribution in [2.24, 2.45) is 0 Å². The van der Waals surface area contributed by atoms with Crippen LogP contribution in [-0.4, -0.2) is 41.8 Å². The lowest BCUT2D eigenvalue weighted by Gasteiger charge is -2.17. The quantitative estimate of drug-likeness (QED) is 0.876. The molecule has 1 fully saturated rings. The van der Waals surface area contributed by atoms with Crippen LogP contribution in [-0.2, 0) is 0 Å². The summed E-state index contributed by atoms with van der Waals surface area (Å²) >= 11 is 6.00. The molecule has 4 heteroatoms. The number of likely N-dealkylation sites (N-methyl/N-ethyl adjacent to an activating group) is 1. The highest BCUT2D eigenvalue weighted by atomic mass is 35.5. The summed E-state index contributed by atoms with van der Waals surface area (Å²) in [5.74, 6) is 0.645. The summed E-state index contributed by atoms with van der Waals surface area (Å²) in [6.07, 6.45) is -0.615. The predicted molar refractivity (Wildman–Crippen MR) is 64.0 cm³/mol. The SMILES string of the molecule is CCN1C[C@@H](O)[C@H](Oc2ccccc2Cl)C1. The van der Waals surface area contributed by atoms with E-state index >= 15 is 0 Å². The van der Waals surface area contributed by atoms with Gasteiger partial charge in [-0.25, -0.2) is 0 Å². The van der Waals surface area contributed by atoms with Crippen LogP contribution in [0.1, 0.15) is 6.92 Å². The summed E-state index contributed by atoms with van der Waals surface area (Å²) in [4.78, 5) is 2.16. The minimum absolute atomic E-state index is 0.181. The van der Waals surface area contributed by atoms with Crippen LogP contribution in [0.15, 0.2) is 24.3 Å². The molecule has 16 heavy (non-hydrogen) atoms. The summed E-state index contributed by atoms with van der Waals surface area (Å²) in [7, 11) is 0. The normalized spacial score (nSPS) is 25.9. The van der Waals surface area contributed by atoms with Gasteiger partial charge in [-0.2, -0.15) is 0 Å². The van der Waals surface area contributed by atoms with Crippen molar-refractivity contribution >= 4 is 11.6 Å². The van der Waals surface area contributed by atoms with Gasteiger partial charge in [-0.1, -0.05) is 30.7 Å². The van der Waals surface area contributed by atoms with Gasteiger partial charge in [-0.05, 0) is 18.7 Å². The Morgan fingerprint density at radius 3 is 2.81 bits per heavy atom. The molecule has 88 valence electrons. The molecule has 2 rings (SSSR count). The van der Waals surface area contributed by atoms with Crippen molar-refractivity contribution in [3.8, 4) is 5.75 Å². The minimum atomic E-state index is -0.434. The first-order chi connectivity index (χ1) is 7.70. The molecule has 1 aromatic rings. The highest BCUT2D eigenvalue weighted by molar-refractivity contribution is 6.32. The first kappa shape index (κ1) is 11.7. The molecule has 1 aromatic carbocycles. The topological polar surface area (TPSA) is 32.7 Å². The van der Waals surface area contributed by atoms with Gasteiger partial charge in [0.1, 0.15) is 18.0 Å². The number of hydrogen-bond donors (Lipinski definition) is 1. The number of hydrogen-bond acceptors (Lipinski definition) is 3. The summed E-state index contributed by atoms with van der Waals surface area (Å²) in [6, 6.07) is 7.35. The first-order valence-corrected chi connectivity index (χ1v) is 5.90. The van der Waals surface area contributed by atoms with E-state index in [9.17, 15) is 5.11 Å². The second-order valence-electron chi connectivity index (χ2n) is 4.01. The Balaban J connectivity index is 2.03. The number of benzene rings is 1. The van der Waals surface area contributed by atoms with Crippen molar-refractivity contribution in [2.45, 2.75) is 19.1 Å². The van der Waals surface area contributed by atoms with Crippen LogP contribution in [0.4, 0.5) is 0 Å². The second kappa shape index (κ2) is 5.04. The molecule has 0 unspecified atom stereocenters. The van der Waals surface area contributed by atoms with Crippen LogP contribution >= 0.6 is 11.6 Å². The van der Waals surface area contributed by atoms with Crippen LogP contribution < -0.4 is 4.74 Å². The van der Waals surface area contributed by atoms with Crippen LogP contribution in [0.2, 0.25) is 5.02 Å². The van der Waals surface area contributed by atoms with Gasteiger partial charge >= 0.3 is 0 Å². The maximum absolute atomic E-state index is 9.83. The molecule has 1 N–H and O–H groups in total. The Kier molecular flexibility index (Phi) is 3.69. The van der Waals surface area contributed by atoms with Crippen molar-refractivity contribution in [2.75, 3.05) is 19.6 Å². The van der Waals surface area contributed by atoms with Crippen molar-refractivity contribution in [1.82, 2.24) is 4.90 Å². The Morgan fingerprint density at radius 2 is 2.19 bits per heavy atom. The van der Waals surface area contributed by atoms with E-state index in [1.807, 2.05) is 18.2 Å². The fourth-order valence-corrected chi connectivity index (χ4v) is 2.09. The van der Waals surface area contributed by atoms with Crippen LogP contribution in [0.25, 0.3) is 0 Å². The number of aliphatic hydroxyl groups excluding tert-OH is 1. The van der Waals surface area contributed by atoms with Crippen LogP contribution in [0, 0.1) is 0 Å². The third kappa shape index (κ3) is 2.48. The Bertz CT molecular complexity index is 359. The number of halogens is 1. The van der Waals surface area contributed by atoms with Gasteiger partial charge in [0, 0.05) is 13.1 Å². The molecule has 1 aliphatic rings. The van der Waals surface area contributed by atoms with E-state index in [0.29, 0.717) is 17.3 Å². The number of rotatable bonds is 3. The molecule has 0 bridgehead atoms. The zero-order valence-corrected chi connectivity index (χ0v) is 10.0. The Hall–Kier alpha value is -0.770. The Labute approximate surface area is 101 Å². The van der Waals surface area contributed by atoms with E-state index in [1.165, 1.54) is 0 Å². The van der Waals surface area contributed by atoms with Gasteiger partial charge < -0.3 is 9.84 Å². The third-order valence-electron chi connectivity index (χ3n) is 2.87. The van der Waals surface area contributed by atoms with E-state index in [1.54, 1.807) is 6.07 Å². The number of nitrogens with zero attached hydrogens (tertiary/aromatic N) is 1. The van der Waals surface area contributed by atoms with E-state index in [4.69, 9.17) is 16.3 Å². The minimum Gasteiger partial charge on any atom is -0.485 e. The smallest absolute Gasteiger partial charge is 0.138 e.